The monoisotopic (exact) mass is 345 g/mol. The number of nitrogens with one attached hydrogen (secondary N) is 2. The van der Waals surface area contributed by atoms with Gasteiger partial charge in [-0.2, -0.15) is 0 Å². The lowest BCUT2D eigenvalue weighted by Crippen LogP contribution is -2.51. The number of aliphatic carboxylic acids is 1. The van der Waals surface area contributed by atoms with Gasteiger partial charge < -0.3 is 32.9 Å². The van der Waals surface area contributed by atoms with Crippen LogP contribution in [0.5, 0.6) is 0 Å². The third-order valence-electron chi connectivity index (χ3n) is 3.38. The first-order valence-electron chi connectivity index (χ1n) is 7.76. The van der Waals surface area contributed by atoms with Gasteiger partial charge in [0.15, 0.2) is 0 Å². The second-order valence-corrected chi connectivity index (χ2v) is 5.52. The normalized spacial score (nSPS) is 14.3. The van der Waals surface area contributed by atoms with E-state index in [0.717, 1.165) is 0 Å². The Balaban J connectivity index is 4.63. The molecule has 0 unspecified atom stereocenters. The highest BCUT2D eigenvalue weighted by molar-refractivity contribution is 5.90. The molecule has 24 heavy (non-hydrogen) atoms. The molecule has 0 fully saturated rings. The second kappa shape index (κ2) is 11.4. The minimum absolute atomic E-state index is 0.0594. The maximum atomic E-state index is 12.1. The Bertz CT molecular complexity index is 457. The Kier molecular flexibility index (Phi) is 10.3. The molecule has 0 rings (SSSR count). The summed E-state index contributed by atoms with van der Waals surface area (Å²) in [5, 5.41) is 13.7. The van der Waals surface area contributed by atoms with E-state index in [1.165, 1.54) is 6.92 Å². The smallest absolute Gasteiger partial charge is 0.325 e. The molecule has 0 heterocycles. The first-order valence-corrected chi connectivity index (χ1v) is 7.76. The molecule has 3 atom stereocenters. The lowest BCUT2D eigenvalue weighted by molar-refractivity contribution is -0.141. The van der Waals surface area contributed by atoms with Gasteiger partial charge in [-0.1, -0.05) is 0 Å². The molecule has 0 aliphatic rings. The van der Waals surface area contributed by atoms with Gasteiger partial charge in [0, 0.05) is 6.42 Å². The zero-order chi connectivity index (χ0) is 18.7. The maximum absolute atomic E-state index is 12.1. The van der Waals surface area contributed by atoms with Gasteiger partial charge in [-0.15, -0.1) is 0 Å². The van der Waals surface area contributed by atoms with Crippen LogP contribution < -0.4 is 27.8 Å². The summed E-state index contributed by atoms with van der Waals surface area (Å²) < 4.78 is 0. The van der Waals surface area contributed by atoms with Crippen molar-refractivity contribution in [2.45, 2.75) is 57.2 Å². The fourth-order valence-electron chi connectivity index (χ4n) is 1.83. The number of hydrogen-bond acceptors (Lipinski definition) is 6. The topological polar surface area (TPSA) is 191 Å². The summed E-state index contributed by atoms with van der Waals surface area (Å²) in [6.45, 7) is 1.77. The van der Waals surface area contributed by atoms with Gasteiger partial charge in [0.05, 0.1) is 6.04 Å². The third-order valence-corrected chi connectivity index (χ3v) is 3.38. The maximum Gasteiger partial charge on any atom is 0.325 e. The van der Waals surface area contributed by atoms with Gasteiger partial charge in [-0.25, -0.2) is 0 Å². The van der Waals surface area contributed by atoms with Crippen LogP contribution in [-0.2, 0) is 19.2 Å². The summed E-state index contributed by atoms with van der Waals surface area (Å²) in [6, 6.07) is -2.89. The number of hydrogen-bond donors (Lipinski definition) is 6. The zero-order valence-corrected chi connectivity index (χ0v) is 13.8. The Labute approximate surface area is 140 Å². The van der Waals surface area contributed by atoms with Gasteiger partial charge in [0.25, 0.3) is 0 Å². The van der Waals surface area contributed by atoms with Crippen molar-refractivity contribution < 1.29 is 24.3 Å². The number of nitrogens with two attached hydrogens (primary N) is 3. The molecule has 3 amide bonds. The molecule has 0 aromatic carbocycles. The van der Waals surface area contributed by atoms with Crippen LogP contribution in [0.1, 0.15) is 39.0 Å². The number of amides is 3. The standard InChI is InChI=1S/C14H27N5O5/c1-8(14(23)24)18-13(22)10(4-2-3-7-15)19-11(20)6-5-9(16)12(17)21/h8-10H,2-7,15-16H2,1H3,(H2,17,21)(H,18,22)(H,19,20)(H,23,24)/t8-,9-,10-/m0/s1. The van der Waals surface area contributed by atoms with Crippen LogP contribution in [0.3, 0.4) is 0 Å². The molecular weight excluding hydrogens is 318 g/mol. The molecule has 0 spiro atoms. The lowest BCUT2D eigenvalue weighted by atomic mass is 10.1. The summed E-state index contributed by atoms with van der Waals surface area (Å²) in [5.41, 5.74) is 15.8. The van der Waals surface area contributed by atoms with E-state index in [1.807, 2.05) is 0 Å². The quantitative estimate of drug-likeness (QED) is 0.216. The average molecular weight is 345 g/mol. The van der Waals surface area contributed by atoms with Crippen molar-refractivity contribution in [1.82, 2.24) is 10.6 Å². The molecule has 138 valence electrons. The van der Waals surface area contributed by atoms with Crippen LogP contribution >= 0.6 is 0 Å². The summed E-state index contributed by atoms with van der Waals surface area (Å²) >= 11 is 0. The number of unbranched alkanes of at least 4 members (excludes halogenated alkanes) is 1. The van der Waals surface area contributed by atoms with E-state index in [0.29, 0.717) is 25.8 Å². The van der Waals surface area contributed by atoms with Crippen molar-refractivity contribution in [1.29, 1.82) is 0 Å². The van der Waals surface area contributed by atoms with Crippen LogP contribution in [0.2, 0.25) is 0 Å². The Hall–Kier alpha value is -2.20. The van der Waals surface area contributed by atoms with Crippen LogP contribution in [0.15, 0.2) is 0 Å². The number of carbonyl (C=O) groups is 4. The molecule has 0 radical (unpaired) electrons. The summed E-state index contributed by atoms with van der Waals surface area (Å²) in [5.74, 6) is -2.95. The Morgan fingerprint density at radius 1 is 1.08 bits per heavy atom. The predicted octanol–water partition coefficient (Wildman–Crippen LogP) is -2.22. The largest absolute Gasteiger partial charge is 0.480 e. The number of primary amides is 1. The Morgan fingerprint density at radius 3 is 2.21 bits per heavy atom. The van der Waals surface area contributed by atoms with Crippen molar-refractivity contribution in [3.05, 3.63) is 0 Å². The van der Waals surface area contributed by atoms with Crippen LogP contribution in [0, 0.1) is 0 Å². The molecule has 10 heteroatoms. The number of carboxylic acids is 1. The third kappa shape index (κ3) is 9.06. The average Bonchev–Trinajstić information content (AvgIpc) is 2.51. The molecular formula is C14H27N5O5. The fourth-order valence-corrected chi connectivity index (χ4v) is 1.83. The Morgan fingerprint density at radius 2 is 1.71 bits per heavy atom. The van der Waals surface area contributed by atoms with Gasteiger partial charge in [-0.05, 0) is 39.2 Å². The molecule has 9 N–H and O–H groups in total. The first-order chi connectivity index (χ1) is 11.2. The minimum Gasteiger partial charge on any atom is -0.480 e. The molecule has 0 aromatic rings. The summed E-state index contributed by atoms with van der Waals surface area (Å²) in [4.78, 5) is 45.7. The SMILES string of the molecule is C[C@H](NC(=O)[C@H](CCCCN)NC(=O)CC[C@H](N)C(N)=O)C(=O)O. The predicted molar refractivity (Wildman–Crippen MR) is 86.5 cm³/mol. The number of carbonyl (C=O) groups excluding carboxylic acids is 3. The van der Waals surface area contributed by atoms with Gasteiger partial charge in [0.2, 0.25) is 17.7 Å². The van der Waals surface area contributed by atoms with E-state index in [1.54, 1.807) is 0 Å². The van der Waals surface area contributed by atoms with Crippen molar-refractivity contribution in [2.24, 2.45) is 17.2 Å². The molecule has 0 aromatic heterocycles. The number of rotatable bonds is 12. The van der Waals surface area contributed by atoms with Crippen LogP contribution in [0.4, 0.5) is 0 Å². The first kappa shape index (κ1) is 21.8. The molecule has 0 aliphatic carbocycles. The molecule has 0 bridgehead atoms. The molecule has 0 saturated heterocycles. The minimum atomic E-state index is -1.18. The van der Waals surface area contributed by atoms with E-state index in [9.17, 15) is 19.2 Å². The van der Waals surface area contributed by atoms with Crippen LogP contribution in [-0.4, -0.2) is 53.5 Å². The summed E-state index contributed by atoms with van der Waals surface area (Å²) in [6.07, 6.45) is 1.57. The van der Waals surface area contributed by atoms with E-state index >= 15 is 0 Å². The summed E-state index contributed by atoms with van der Waals surface area (Å²) in [7, 11) is 0. The highest BCUT2D eigenvalue weighted by Crippen LogP contribution is 2.03. The number of carboxylic acid groups (broad SMARTS) is 1. The zero-order valence-electron chi connectivity index (χ0n) is 13.8. The van der Waals surface area contributed by atoms with E-state index in [4.69, 9.17) is 22.3 Å². The lowest BCUT2D eigenvalue weighted by Gasteiger charge is -2.20. The van der Waals surface area contributed by atoms with Gasteiger partial charge in [-0.3, -0.25) is 19.2 Å². The highest BCUT2D eigenvalue weighted by Gasteiger charge is 2.24. The van der Waals surface area contributed by atoms with E-state index in [-0.39, 0.29) is 12.8 Å². The van der Waals surface area contributed by atoms with Crippen molar-refractivity contribution in [3.63, 3.8) is 0 Å². The van der Waals surface area contributed by atoms with Crippen molar-refractivity contribution >= 4 is 23.7 Å². The van der Waals surface area contributed by atoms with E-state index in [2.05, 4.69) is 10.6 Å². The van der Waals surface area contributed by atoms with Gasteiger partial charge in [0.1, 0.15) is 12.1 Å². The van der Waals surface area contributed by atoms with Crippen LogP contribution in [0.25, 0.3) is 0 Å². The second-order valence-electron chi connectivity index (χ2n) is 5.52. The molecule has 0 saturated carbocycles. The van der Waals surface area contributed by atoms with E-state index < -0.39 is 41.8 Å². The molecule has 10 nitrogen and oxygen atoms in total. The fraction of sp³-hybridized carbons (Fsp3) is 0.714. The van der Waals surface area contributed by atoms with Crippen molar-refractivity contribution in [2.75, 3.05) is 6.54 Å². The van der Waals surface area contributed by atoms with Crippen molar-refractivity contribution in [3.8, 4) is 0 Å². The van der Waals surface area contributed by atoms with Gasteiger partial charge >= 0.3 is 5.97 Å². The highest BCUT2D eigenvalue weighted by atomic mass is 16.4. The molecule has 0 aliphatic heterocycles.